The van der Waals surface area contributed by atoms with E-state index in [1.54, 1.807) is 25.1 Å². The molecule has 1 fully saturated rings. The standard InChI is InChI=1S/C14H20N2O3S/c1-3-20(18,19)13-7-5-4-6-12(13)16-14(17)11-9-15-8-10(11)2/h4-7,10-11,15H,3,8-9H2,1-2H3,(H,16,17). The van der Waals surface area contributed by atoms with Gasteiger partial charge in [0.2, 0.25) is 5.91 Å². The van der Waals surface area contributed by atoms with Crippen molar-refractivity contribution in [1.82, 2.24) is 5.32 Å². The fourth-order valence-corrected chi connectivity index (χ4v) is 3.43. The van der Waals surface area contributed by atoms with E-state index in [-0.39, 0.29) is 28.4 Å². The molecule has 1 aromatic carbocycles. The van der Waals surface area contributed by atoms with E-state index >= 15 is 0 Å². The molecule has 2 unspecified atom stereocenters. The summed E-state index contributed by atoms with van der Waals surface area (Å²) in [5, 5.41) is 5.93. The number of benzene rings is 1. The molecule has 20 heavy (non-hydrogen) atoms. The van der Waals surface area contributed by atoms with Crippen molar-refractivity contribution >= 4 is 21.4 Å². The van der Waals surface area contributed by atoms with Crippen molar-refractivity contribution < 1.29 is 13.2 Å². The Kier molecular flexibility index (Phi) is 4.45. The maximum absolute atomic E-state index is 12.2. The van der Waals surface area contributed by atoms with E-state index in [9.17, 15) is 13.2 Å². The van der Waals surface area contributed by atoms with E-state index in [4.69, 9.17) is 0 Å². The van der Waals surface area contributed by atoms with Crippen LogP contribution in [-0.2, 0) is 14.6 Å². The van der Waals surface area contributed by atoms with Crippen molar-refractivity contribution in [1.29, 1.82) is 0 Å². The second-order valence-corrected chi connectivity index (χ2v) is 7.38. The van der Waals surface area contributed by atoms with Gasteiger partial charge in [-0.3, -0.25) is 4.79 Å². The lowest BCUT2D eigenvalue weighted by atomic mass is 9.97. The van der Waals surface area contributed by atoms with Crippen LogP contribution in [0.2, 0.25) is 0 Å². The van der Waals surface area contributed by atoms with Crippen LogP contribution in [0.5, 0.6) is 0 Å². The average Bonchev–Trinajstić information content (AvgIpc) is 2.85. The highest BCUT2D eigenvalue weighted by atomic mass is 32.2. The smallest absolute Gasteiger partial charge is 0.229 e. The van der Waals surface area contributed by atoms with Crippen molar-refractivity contribution in [2.45, 2.75) is 18.7 Å². The summed E-state index contributed by atoms with van der Waals surface area (Å²) in [6.45, 7) is 5.05. The van der Waals surface area contributed by atoms with E-state index in [1.807, 2.05) is 6.92 Å². The van der Waals surface area contributed by atoms with Gasteiger partial charge in [-0.1, -0.05) is 26.0 Å². The van der Waals surface area contributed by atoms with Crippen molar-refractivity contribution in [3.8, 4) is 0 Å². The van der Waals surface area contributed by atoms with Crippen LogP contribution in [-0.4, -0.2) is 33.2 Å². The summed E-state index contributed by atoms with van der Waals surface area (Å²) in [4.78, 5) is 12.4. The minimum atomic E-state index is -3.34. The second kappa shape index (κ2) is 5.93. The van der Waals surface area contributed by atoms with E-state index in [0.29, 0.717) is 12.2 Å². The number of anilines is 1. The van der Waals surface area contributed by atoms with Gasteiger partial charge in [0.25, 0.3) is 0 Å². The number of carbonyl (C=O) groups excluding carboxylic acids is 1. The number of amides is 1. The van der Waals surface area contributed by atoms with Crippen molar-refractivity contribution in [3.63, 3.8) is 0 Å². The Bertz CT molecular complexity index is 598. The third kappa shape index (κ3) is 3.02. The van der Waals surface area contributed by atoms with Crippen LogP contribution in [0.25, 0.3) is 0 Å². The summed E-state index contributed by atoms with van der Waals surface area (Å²) in [6, 6.07) is 6.55. The molecule has 0 aromatic heterocycles. The predicted octanol–water partition coefficient (Wildman–Crippen LogP) is 1.27. The van der Waals surface area contributed by atoms with Gasteiger partial charge in [-0.15, -0.1) is 0 Å². The number of carbonyl (C=O) groups is 1. The minimum absolute atomic E-state index is 0.0151. The molecule has 5 nitrogen and oxygen atoms in total. The van der Waals surface area contributed by atoms with E-state index in [0.717, 1.165) is 6.54 Å². The molecule has 2 atom stereocenters. The molecule has 0 saturated carbocycles. The van der Waals surface area contributed by atoms with Crippen LogP contribution in [0, 0.1) is 11.8 Å². The fraction of sp³-hybridized carbons (Fsp3) is 0.500. The Balaban J connectivity index is 2.24. The highest BCUT2D eigenvalue weighted by molar-refractivity contribution is 7.91. The van der Waals surface area contributed by atoms with E-state index < -0.39 is 9.84 Å². The van der Waals surface area contributed by atoms with Gasteiger partial charge in [-0.2, -0.15) is 0 Å². The number of para-hydroxylation sites is 1. The van der Waals surface area contributed by atoms with Crippen LogP contribution in [0.15, 0.2) is 29.2 Å². The molecule has 0 radical (unpaired) electrons. The molecule has 2 N–H and O–H groups in total. The molecule has 2 rings (SSSR count). The fourth-order valence-electron chi connectivity index (χ4n) is 2.38. The van der Waals surface area contributed by atoms with Gasteiger partial charge in [0, 0.05) is 6.54 Å². The lowest BCUT2D eigenvalue weighted by Crippen LogP contribution is -2.28. The summed E-state index contributed by atoms with van der Waals surface area (Å²) in [5.41, 5.74) is 0.374. The first-order chi connectivity index (χ1) is 9.45. The first-order valence-electron chi connectivity index (χ1n) is 6.79. The molecular weight excluding hydrogens is 276 g/mol. The van der Waals surface area contributed by atoms with Crippen LogP contribution < -0.4 is 10.6 Å². The topological polar surface area (TPSA) is 75.3 Å². The van der Waals surface area contributed by atoms with Gasteiger partial charge in [-0.05, 0) is 24.6 Å². The van der Waals surface area contributed by atoms with Crippen LogP contribution >= 0.6 is 0 Å². The maximum Gasteiger partial charge on any atom is 0.229 e. The number of nitrogens with one attached hydrogen (secondary N) is 2. The number of rotatable bonds is 4. The Morgan fingerprint density at radius 2 is 2.05 bits per heavy atom. The Hall–Kier alpha value is -1.40. The van der Waals surface area contributed by atoms with Gasteiger partial charge in [0.05, 0.1) is 22.3 Å². The molecule has 1 aliphatic heterocycles. The molecule has 1 saturated heterocycles. The van der Waals surface area contributed by atoms with E-state index in [2.05, 4.69) is 10.6 Å². The van der Waals surface area contributed by atoms with Crippen LogP contribution in [0.4, 0.5) is 5.69 Å². The zero-order chi connectivity index (χ0) is 14.8. The molecular formula is C14H20N2O3S. The van der Waals surface area contributed by atoms with Crippen LogP contribution in [0.1, 0.15) is 13.8 Å². The Morgan fingerprint density at radius 3 is 2.65 bits per heavy atom. The lowest BCUT2D eigenvalue weighted by Gasteiger charge is -2.16. The summed E-state index contributed by atoms with van der Waals surface area (Å²) in [5.74, 6) is 0.0277. The third-order valence-corrected chi connectivity index (χ3v) is 5.50. The molecule has 1 amide bonds. The zero-order valence-corrected chi connectivity index (χ0v) is 12.5. The quantitative estimate of drug-likeness (QED) is 0.877. The monoisotopic (exact) mass is 296 g/mol. The van der Waals surface area contributed by atoms with Gasteiger partial charge in [0.1, 0.15) is 0 Å². The third-order valence-electron chi connectivity index (χ3n) is 3.71. The summed E-state index contributed by atoms with van der Waals surface area (Å²) in [6.07, 6.45) is 0. The Labute approximate surface area is 119 Å². The molecule has 0 aliphatic carbocycles. The maximum atomic E-state index is 12.2. The first-order valence-corrected chi connectivity index (χ1v) is 8.44. The highest BCUT2D eigenvalue weighted by Crippen LogP contribution is 2.24. The van der Waals surface area contributed by atoms with Crippen molar-refractivity contribution in [2.75, 3.05) is 24.2 Å². The van der Waals surface area contributed by atoms with Gasteiger partial charge < -0.3 is 10.6 Å². The van der Waals surface area contributed by atoms with Crippen molar-refractivity contribution in [3.05, 3.63) is 24.3 Å². The van der Waals surface area contributed by atoms with Gasteiger partial charge in [-0.25, -0.2) is 8.42 Å². The summed E-state index contributed by atoms with van der Waals surface area (Å²) in [7, 11) is -3.34. The minimum Gasteiger partial charge on any atom is -0.325 e. The lowest BCUT2D eigenvalue weighted by molar-refractivity contribution is -0.120. The number of sulfone groups is 1. The Morgan fingerprint density at radius 1 is 1.35 bits per heavy atom. The number of hydrogen-bond donors (Lipinski definition) is 2. The van der Waals surface area contributed by atoms with E-state index in [1.165, 1.54) is 6.07 Å². The van der Waals surface area contributed by atoms with Crippen LogP contribution in [0.3, 0.4) is 0 Å². The molecule has 6 heteroatoms. The van der Waals surface area contributed by atoms with Crippen molar-refractivity contribution in [2.24, 2.45) is 11.8 Å². The summed E-state index contributed by atoms with van der Waals surface area (Å²) < 4.78 is 24.1. The largest absolute Gasteiger partial charge is 0.325 e. The zero-order valence-electron chi connectivity index (χ0n) is 11.7. The first kappa shape index (κ1) is 15.0. The molecule has 1 heterocycles. The SMILES string of the molecule is CCS(=O)(=O)c1ccccc1NC(=O)C1CNCC1C. The average molecular weight is 296 g/mol. The molecule has 1 aromatic rings. The summed E-state index contributed by atoms with van der Waals surface area (Å²) >= 11 is 0. The second-order valence-electron chi connectivity index (χ2n) is 5.13. The highest BCUT2D eigenvalue weighted by Gasteiger charge is 2.30. The van der Waals surface area contributed by atoms with Gasteiger partial charge in [0.15, 0.2) is 9.84 Å². The van der Waals surface area contributed by atoms with Gasteiger partial charge >= 0.3 is 0 Å². The molecule has 0 spiro atoms. The molecule has 110 valence electrons. The number of hydrogen-bond acceptors (Lipinski definition) is 4. The normalized spacial score (nSPS) is 22.7. The molecule has 1 aliphatic rings. The predicted molar refractivity (Wildman–Crippen MR) is 78.3 cm³/mol. The molecule has 0 bridgehead atoms.